The molecule has 0 radical (unpaired) electrons. The van der Waals surface area contributed by atoms with Crippen molar-refractivity contribution in [1.82, 2.24) is 9.80 Å². The van der Waals surface area contributed by atoms with Crippen molar-refractivity contribution in [2.75, 3.05) is 13.1 Å². The van der Waals surface area contributed by atoms with Gasteiger partial charge in [-0.2, -0.15) is 0 Å². The van der Waals surface area contributed by atoms with Crippen molar-refractivity contribution in [1.29, 1.82) is 0 Å². The molecule has 0 amide bonds. The second kappa shape index (κ2) is 3.74. The van der Waals surface area contributed by atoms with Crippen LogP contribution >= 0.6 is 0 Å². The molecule has 2 nitrogen and oxygen atoms in total. The van der Waals surface area contributed by atoms with Crippen LogP contribution in [0.1, 0.15) is 19.3 Å². The Balaban J connectivity index is 1.62. The smallest absolute Gasteiger partial charge is 0.0887 e. The fourth-order valence-electron chi connectivity index (χ4n) is 4.49. The number of piperidine rings is 3. The summed E-state index contributed by atoms with van der Waals surface area (Å²) in [5.41, 5.74) is 0. The lowest BCUT2D eigenvalue weighted by Gasteiger charge is -2.58. The van der Waals surface area contributed by atoms with Gasteiger partial charge in [0.2, 0.25) is 0 Å². The fraction of sp³-hybridized carbons (Fsp3) is 0.600. The van der Waals surface area contributed by atoms with Crippen LogP contribution in [0.15, 0.2) is 36.7 Å². The molecule has 4 aliphatic heterocycles. The van der Waals surface area contributed by atoms with E-state index in [0.29, 0.717) is 6.17 Å². The van der Waals surface area contributed by atoms with E-state index < -0.39 is 0 Å². The van der Waals surface area contributed by atoms with Gasteiger partial charge >= 0.3 is 0 Å². The Morgan fingerprint density at radius 3 is 2.00 bits per heavy atom. The zero-order valence-electron chi connectivity index (χ0n) is 10.2. The van der Waals surface area contributed by atoms with Crippen LogP contribution in [0.3, 0.4) is 0 Å². The Bertz CT molecular complexity index is 350. The highest BCUT2D eigenvalue weighted by Crippen LogP contribution is 2.47. The highest BCUT2D eigenvalue weighted by molar-refractivity contribution is 5.17. The molecule has 90 valence electrons. The monoisotopic (exact) mass is 228 g/mol. The zero-order chi connectivity index (χ0) is 11.2. The van der Waals surface area contributed by atoms with E-state index in [0.717, 1.165) is 17.8 Å². The number of hydrogen-bond acceptors (Lipinski definition) is 2. The van der Waals surface area contributed by atoms with Gasteiger partial charge in [0.25, 0.3) is 0 Å². The number of hydrogen-bond donors (Lipinski definition) is 0. The molecule has 4 bridgehead atoms. The summed E-state index contributed by atoms with van der Waals surface area (Å²) in [6.45, 7) is 2.67. The molecule has 0 N–H and O–H groups in total. The Morgan fingerprint density at radius 2 is 1.41 bits per heavy atom. The molecule has 2 heteroatoms. The van der Waals surface area contributed by atoms with Crippen LogP contribution in [0.25, 0.3) is 0 Å². The predicted molar refractivity (Wildman–Crippen MR) is 68.9 cm³/mol. The van der Waals surface area contributed by atoms with Gasteiger partial charge in [0.1, 0.15) is 0 Å². The zero-order valence-corrected chi connectivity index (χ0v) is 10.2. The first-order valence-corrected chi connectivity index (χ1v) is 6.93. The summed E-state index contributed by atoms with van der Waals surface area (Å²) in [4.78, 5) is 5.17. The first kappa shape index (κ1) is 9.95. The first-order valence-electron chi connectivity index (χ1n) is 6.93. The lowest BCUT2D eigenvalue weighted by atomic mass is 9.66. The van der Waals surface area contributed by atoms with Gasteiger partial charge in [0.05, 0.1) is 6.17 Å². The van der Waals surface area contributed by atoms with Crippen molar-refractivity contribution < 1.29 is 0 Å². The minimum atomic E-state index is 0.634. The Morgan fingerprint density at radius 1 is 0.765 bits per heavy atom. The highest BCUT2D eigenvalue weighted by Gasteiger charge is 2.48. The van der Waals surface area contributed by atoms with E-state index in [9.17, 15) is 0 Å². The molecular weight excluding hydrogens is 208 g/mol. The Labute approximate surface area is 103 Å². The van der Waals surface area contributed by atoms with Crippen LogP contribution in [0, 0.1) is 17.8 Å². The molecule has 3 unspecified atom stereocenters. The first-order chi connectivity index (χ1) is 8.40. The van der Waals surface area contributed by atoms with Crippen molar-refractivity contribution in [3.8, 4) is 0 Å². The fourth-order valence-corrected chi connectivity index (χ4v) is 4.49. The maximum absolute atomic E-state index is 2.73. The molecule has 5 aliphatic rings. The minimum absolute atomic E-state index is 0.634. The Hall–Kier alpha value is -1.02. The van der Waals surface area contributed by atoms with Crippen LogP contribution in [0.2, 0.25) is 0 Å². The summed E-state index contributed by atoms with van der Waals surface area (Å²) in [5, 5.41) is 0. The molecule has 0 spiro atoms. The van der Waals surface area contributed by atoms with E-state index in [1.807, 2.05) is 0 Å². The molecule has 4 heterocycles. The van der Waals surface area contributed by atoms with Gasteiger partial charge in [0, 0.05) is 25.5 Å². The van der Waals surface area contributed by atoms with Crippen LogP contribution < -0.4 is 0 Å². The van der Waals surface area contributed by atoms with Gasteiger partial charge < -0.3 is 4.90 Å². The summed E-state index contributed by atoms with van der Waals surface area (Å²) < 4.78 is 0. The van der Waals surface area contributed by atoms with E-state index in [1.54, 1.807) is 0 Å². The van der Waals surface area contributed by atoms with Crippen LogP contribution in [-0.4, -0.2) is 29.1 Å². The molecular formula is C15H20N2. The maximum Gasteiger partial charge on any atom is 0.0887 e. The summed E-state index contributed by atoms with van der Waals surface area (Å²) in [6, 6.07) is 0. The lowest BCUT2D eigenvalue weighted by Crippen LogP contribution is -2.63. The van der Waals surface area contributed by atoms with E-state index >= 15 is 0 Å². The third-order valence-electron chi connectivity index (χ3n) is 4.88. The summed E-state index contributed by atoms with van der Waals surface area (Å²) >= 11 is 0. The lowest BCUT2D eigenvalue weighted by molar-refractivity contribution is -0.103. The number of rotatable bonds is 1. The van der Waals surface area contributed by atoms with Gasteiger partial charge in [0.15, 0.2) is 0 Å². The van der Waals surface area contributed by atoms with E-state index in [4.69, 9.17) is 0 Å². The average molecular weight is 228 g/mol. The molecule has 1 saturated carbocycles. The van der Waals surface area contributed by atoms with Crippen molar-refractivity contribution in [3.63, 3.8) is 0 Å². The SMILES string of the molecule is C1=CC=CN(C2C3CC4CC(C3)CN2C4)C=C1. The molecule has 3 atom stereocenters. The summed E-state index contributed by atoms with van der Waals surface area (Å²) in [5.74, 6) is 2.90. The van der Waals surface area contributed by atoms with E-state index in [-0.39, 0.29) is 0 Å². The molecule has 0 aromatic rings. The topological polar surface area (TPSA) is 6.48 Å². The van der Waals surface area contributed by atoms with Crippen LogP contribution in [-0.2, 0) is 0 Å². The summed E-state index contributed by atoms with van der Waals surface area (Å²) in [6.07, 6.45) is 18.1. The van der Waals surface area contributed by atoms with Crippen molar-refractivity contribution in [3.05, 3.63) is 36.7 Å². The van der Waals surface area contributed by atoms with Gasteiger partial charge in [-0.3, -0.25) is 4.90 Å². The average Bonchev–Trinajstić information content (AvgIpc) is 2.56. The maximum atomic E-state index is 2.73. The molecule has 1 aliphatic carbocycles. The molecule has 5 rings (SSSR count). The molecule has 0 aromatic carbocycles. The van der Waals surface area contributed by atoms with Gasteiger partial charge in [-0.15, -0.1) is 0 Å². The third kappa shape index (κ3) is 1.58. The minimum Gasteiger partial charge on any atom is -0.338 e. The normalized spacial score (nSPS) is 46.6. The third-order valence-corrected chi connectivity index (χ3v) is 4.88. The summed E-state index contributed by atoms with van der Waals surface area (Å²) in [7, 11) is 0. The van der Waals surface area contributed by atoms with Crippen molar-refractivity contribution >= 4 is 0 Å². The van der Waals surface area contributed by atoms with Crippen LogP contribution in [0.4, 0.5) is 0 Å². The van der Waals surface area contributed by atoms with E-state index in [2.05, 4.69) is 46.5 Å². The second-order valence-corrected chi connectivity index (χ2v) is 6.08. The van der Waals surface area contributed by atoms with Crippen LogP contribution in [0.5, 0.6) is 0 Å². The van der Waals surface area contributed by atoms with Gasteiger partial charge in [-0.25, -0.2) is 0 Å². The Kier molecular flexibility index (Phi) is 2.19. The molecule has 3 saturated heterocycles. The quantitative estimate of drug-likeness (QED) is 0.680. The second-order valence-electron chi connectivity index (χ2n) is 6.08. The largest absolute Gasteiger partial charge is 0.338 e. The highest BCUT2D eigenvalue weighted by atomic mass is 15.4. The molecule has 4 fully saturated rings. The van der Waals surface area contributed by atoms with Gasteiger partial charge in [-0.1, -0.05) is 12.2 Å². The number of allylic oxidation sites excluding steroid dienone is 4. The van der Waals surface area contributed by atoms with Gasteiger partial charge in [-0.05, 0) is 49.2 Å². The number of nitrogens with zero attached hydrogens (tertiary/aromatic N) is 2. The standard InChI is InChI=1S/C15H20N2/c1-2-4-6-16(5-3-1)15-14-8-12-7-13(9-14)11-17(15)10-12/h1-6,12-15H,7-11H2. The predicted octanol–water partition coefficient (Wildman–Crippen LogP) is 2.57. The van der Waals surface area contributed by atoms with Crippen molar-refractivity contribution in [2.45, 2.75) is 25.4 Å². The van der Waals surface area contributed by atoms with E-state index in [1.165, 1.54) is 32.4 Å². The van der Waals surface area contributed by atoms with Crippen molar-refractivity contribution in [2.24, 2.45) is 17.8 Å². The molecule has 0 aromatic heterocycles. The molecule has 17 heavy (non-hydrogen) atoms.